The SMILES string of the molecule is CC1(C)c2cc(-c3cccc4c3sc3c(-c5cccc(-c6nc(-c7ccccc7)nc(-c7ccccc7)n6)c5)cccc34)ccc2-c2cc3ncoc3cc21. The standard InChI is InChI=1S/C49H32N4OS/c1-49(2)40-25-32(22-23-36(40)39-26-42-43(27-41(39)49)54-28-50-42)35-19-11-21-38-37-20-10-18-34(44(37)55-45(35)38)31-16-9-17-33(24-31)48-52-46(29-12-5-3-6-13-29)51-47(53-48)30-14-7-4-8-15-30/h3-28H,1-2H3. The Kier molecular flexibility index (Phi) is 7.00. The van der Waals surface area contributed by atoms with Crippen LogP contribution in [0, 0.1) is 0 Å². The summed E-state index contributed by atoms with van der Waals surface area (Å²) in [6, 6.07) is 53.5. The van der Waals surface area contributed by atoms with Crippen molar-refractivity contribution in [1.82, 2.24) is 19.9 Å². The minimum Gasteiger partial charge on any atom is -0.443 e. The molecule has 7 aromatic carbocycles. The van der Waals surface area contributed by atoms with Crippen LogP contribution in [0.25, 0.3) is 98.8 Å². The largest absolute Gasteiger partial charge is 0.443 e. The molecular weight excluding hydrogens is 693 g/mol. The molecule has 0 saturated carbocycles. The van der Waals surface area contributed by atoms with Crippen LogP contribution in [-0.4, -0.2) is 19.9 Å². The molecule has 5 nitrogen and oxygen atoms in total. The van der Waals surface area contributed by atoms with E-state index in [1.165, 1.54) is 65.5 Å². The molecule has 3 aromatic heterocycles. The summed E-state index contributed by atoms with van der Waals surface area (Å²) in [6.07, 6.45) is 1.53. The first-order chi connectivity index (χ1) is 27.0. The maximum atomic E-state index is 5.70. The monoisotopic (exact) mass is 724 g/mol. The lowest BCUT2D eigenvalue weighted by Gasteiger charge is -2.22. The number of aromatic nitrogens is 4. The third kappa shape index (κ3) is 5.06. The van der Waals surface area contributed by atoms with Gasteiger partial charge in [-0.05, 0) is 68.8 Å². The number of benzene rings is 7. The highest BCUT2D eigenvalue weighted by atomic mass is 32.1. The number of hydrogen-bond acceptors (Lipinski definition) is 6. The smallest absolute Gasteiger partial charge is 0.181 e. The summed E-state index contributed by atoms with van der Waals surface area (Å²) in [6.45, 7) is 4.62. The van der Waals surface area contributed by atoms with Crippen molar-refractivity contribution in [2.45, 2.75) is 19.3 Å². The summed E-state index contributed by atoms with van der Waals surface area (Å²) in [4.78, 5) is 19.4. The molecular formula is C49H32N4OS. The molecule has 0 amide bonds. The topological polar surface area (TPSA) is 64.7 Å². The first kappa shape index (κ1) is 31.7. The van der Waals surface area contributed by atoms with Gasteiger partial charge >= 0.3 is 0 Å². The number of fused-ring (bicyclic) bond motifs is 7. The molecule has 0 N–H and O–H groups in total. The average Bonchev–Trinajstić information content (AvgIpc) is 3.93. The molecule has 0 saturated heterocycles. The fourth-order valence-corrected chi connectivity index (χ4v) is 9.66. The Hall–Kier alpha value is -6.76. The van der Waals surface area contributed by atoms with Crippen LogP contribution in [0.2, 0.25) is 0 Å². The normalized spacial score (nSPS) is 13.1. The van der Waals surface area contributed by atoms with Gasteiger partial charge in [-0.15, -0.1) is 11.3 Å². The van der Waals surface area contributed by atoms with E-state index in [9.17, 15) is 0 Å². The van der Waals surface area contributed by atoms with E-state index in [0.717, 1.165) is 33.4 Å². The van der Waals surface area contributed by atoms with Crippen molar-refractivity contribution in [2.24, 2.45) is 0 Å². The van der Waals surface area contributed by atoms with Crippen LogP contribution in [-0.2, 0) is 5.41 Å². The van der Waals surface area contributed by atoms with E-state index in [-0.39, 0.29) is 5.41 Å². The molecule has 0 radical (unpaired) electrons. The highest BCUT2D eigenvalue weighted by Gasteiger charge is 2.36. The van der Waals surface area contributed by atoms with Crippen molar-refractivity contribution in [3.63, 3.8) is 0 Å². The maximum absolute atomic E-state index is 5.70. The van der Waals surface area contributed by atoms with E-state index in [4.69, 9.17) is 19.4 Å². The van der Waals surface area contributed by atoms with Gasteiger partial charge in [-0.25, -0.2) is 19.9 Å². The summed E-state index contributed by atoms with van der Waals surface area (Å²) in [5.74, 6) is 1.95. The fourth-order valence-electron chi connectivity index (χ4n) is 8.29. The average molecular weight is 725 g/mol. The zero-order valence-electron chi connectivity index (χ0n) is 30.1. The molecule has 260 valence electrons. The molecule has 0 spiro atoms. The number of thiophene rings is 1. The summed E-state index contributed by atoms with van der Waals surface area (Å²) in [7, 11) is 0. The molecule has 3 heterocycles. The van der Waals surface area contributed by atoms with Crippen LogP contribution in [0.5, 0.6) is 0 Å². The van der Waals surface area contributed by atoms with Gasteiger partial charge in [0.05, 0.1) is 0 Å². The molecule has 1 aliphatic carbocycles. The summed E-state index contributed by atoms with van der Waals surface area (Å²) in [5.41, 5.74) is 14.3. The molecule has 55 heavy (non-hydrogen) atoms. The lowest BCUT2D eigenvalue weighted by molar-refractivity contribution is 0.598. The minimum absolute atomic E-state index is 0.170. The van der Waals surface area contributed by atoms with Crippen molar-refractivity contribution in [3.8, 4) is 67.5 Å². The number of oxazole rings is 1. The summed E-state index contributed by atoms with van der Waals surface area (Å²) in [5, 5.41) is 2.52. The Morgan fingerprint density at radius 1 is 0.455 bits per heavy atom. The van der Waals surface area contributed by atoms with Gasteiger partial charge < -0.3 is 4.42 Å². The van der Waals surface area contributed by atoms with Gasteiger partial charge in [0, 0.05) is 42.3 Å². The lowest BCUT2D eigenvalue weighted by atomic mass is 9.81. The van der Waals surface area contributed by atoms with Crippen LogP contribution in [0.15, 0.2) is 162 Å². The van der Waals surface area contributed by atoms with E-state index >= 15 is 0 Å². The second-order valence-electron chi connectivity index (χ2n) is 14.7. The van der Waals surface area contributed by atoms with Gasteiger partial charge in [0.2, 0.25) is 0 Å². The second-order valence-corrected chi connectivity index (χ2v) is 15.7. The number of rotatable bonds is 5. The number of nitrogens with zero attached hydrogens (tertiary/aromatic N) is 4. The highest BCUT2D eigenvalue weighted by molar-refractivity contribution is 7.26. The van der Waals surface area contributed by atoms with Gasteiger partial charge in [-0.2, -0.15) is 0 Å². The molecule has 0 aliphatic heterocycles. The van der Waals surface area contributed by atoms with Crippen molar-refractivity contribution in [1.29, 1.82) is 0 Å². The Bertz CT molecular complexity index is 3070. The van der Waals surface area contributed by atoms with Crippen LogP contribution in [0.1, 0.15) is 25.0 Å². The van der Waals surface area contributed by atoms with Crippen molar-refractivity contribution in [2.75, 3.05) is 0 Å². The quantitative estimate of drug-likeness (QED) is 0.177. The van der Waals surface area contributed by atoms with Gasteiger partial charge in [-0.1, -0.05) is 141 Å². The molecule has 0 unspecified atom stereocenters. The predicted octanol–water partition coefficient (Wildman–Crippen LogP) is 13.0. The Morgan fingerprint density at radius 3 is 1.65 bits per heavy atom. The molecule has 6 heteroatoms. The van der Waals surface area contributed by atoms with E-state index in [0.29, 0.717) is 17.5 Å². The summed E-state index contributed by atoms with van der Waals surface area (Å²) < 4.78 is 8.25. The summed E-state index contributed by atoms with van der Waals surface area (Å²) >= 11 is 1.87. The molecule has 1 aliphatic rings. The lowest BCUT2D eigenvalue weighted by Crippen LogP contribution is -2.15. The van der Waals surface area contributed by atoms with Crippen molar-refractivity contribution >= 4 is 42.6 Å². The van der Waals surface area contributed by atoms with E-state index in [1.807, 2.05) is 72.0 Å². The molecule has 0 fully saturated rings. The fraction of sp³-hybridized carbons (Fsp3) is 0.0612. The molecule has 0 bridgehead atoms. The van der Waals surface area contributed by atoms with E-state index in [1.54, 1.807) is 0 Å². The van der Waals surface area contributed by atoms with Gasteiger partial charge in [0.1, 0.15) is 5.52 Å². The van der Waals surface area contributed by atoms with Crippen molar-refractivity contribution in [3.05, 3.63) is 169 Å². The van der Waals surface area contributed by atoms with E-state index < -0.39 is 0 Å². The zero-order chi connectivity index (χ0) is 36.7. The van der Waals surface area contributed by atoms with Crippen LogP contribution >= 0.6 is 11.3 Å². The Morgan fingerprint density at radius 2 is 1.00 bits per heavy atom. The highest BCUT2D eigenvalue weighted by Crippen LogP contribution is 2.52. The van der Waals surface area contributed by atoms with Gasteiger partial charge in [0.15, 0.2) is 29.4 Å². The van der Waals surface area contributed by atoms with Crippen LogP contribution in [0.4, 0.5) is 0 Å². The maximum Gasteiger partial charge on any atom is 0.181 e. The van der Waals surface area contributed by atoms with Gasteiger partial charge in [0.25, 0.3) is 0 Å². The third-order valence-electron chi connectivity index (χ3n) is 11.1. The molecule has 0 atom stereocenters. The first-order valence-corrected chi connectivity index (χ1v) is 19.3. The minimum atomic E-state index is -0.170. The van der Waals surface area contributed by atoms with Crippen LogP contribution < -0.4 is 0 Å². The van der Waals surface area contributed by atoms with Gasteiger partial charge in [-0.3, -0.25) is 0 Å². The Balaban J connectivity index is 1.03. The van der Waals surface area contributed by atoms with Crippen molar-refractivity contribution < 1.29 is 4.42 Å². The Labute approximate surface area is 321 Å². The predicted molar refractivity (Wildman–Crippen MR) is 225 cm³/mol. The first-order valence-electron chi connectivity index (χ1n) is 18.4. The molecule has 10 aromatic rings. The number of hydrogen-bond donors (Lipinski definition) is 0. The van der Waals surface area contributed by atoms with E-state index in [2.05, 4.69) is 110 Å². The second kappa shape index (κ2) is 12.1. The van der Waals surface area contributed by atoms with Crippen LogP contribution in [0.3, 0.4) is 0 Å². The third-order valence-corrected chi connectivity index (χ3v) is 12.4. The zero-order valence-corrected chi connectivity index (χ0v) is 30.9. The molecule has 11 rings (SSSR count).